The molecule has 3 nitrogen and oxygen atoms in total. The Labute approximate surface area is 99.7 Å². The van der Waals surface area contributed by atoms with Crippen LogP contribution in [-0.2, 0) is 0 Å². The molecular formula is C12H16N2OS. The van der Waals surface area contributed by atoms with Gasteiger partial charge in [-0.3, -0.25) is 0 Å². The lowest BCUT2D eigenvalue weighted by molar-refractivity contribution is 0.318. The van der Waals surface area contributed by atoms with Gasteiger partial charge in [0.25, 0.3) is 0 Å². The Kier molecular flexibility index (Phi) is 3.72. The average Bonchev–Trinajstić information content (AvgIpc) is 2.82. The predicted octanol–water partition coefficient (Wildman–Crippen LogP) is 2.82. The molecule has 2 rings (SSSR count). The van der Waals surface area contributed by atoms with Crippen LogP contribution in [0.15, 0.2) is 34.3 Å². The van der Waals surface area contributed by atoms with Crippen LogP contribution in [-0.4, -0.2) is 16.3 Å². The first kappa shape index (κ1) is 11.3. The molecular weight excluding hydrogens is 220 g/mol. The van der Waals surface area contributed by atoms with Crippen LogP contribution in [0, 0.1) is 0 Å². The highest BCUT2D eigenvalue weighted by atomic mass is 32.2. The first-order chi connectivity index (χ1) is 7.81. The van der Waals surface area contributed by atoms with Crippen molar-refractivity contribution in [3.05, 3.63) is 29.8 Å². The summed E-state index contributed by atoms with van der Waals surface area (Å²) >= 11 is 1.85. The summed E-state index contributed by atoms with van der Waals surface area (Å²) in [7, 11) is 0. The van der Waals surface area contributed by atoms with Crippen LogP contribution < -0.4 is 5.73 Å². The number of hydrogen-bond acceptors (Lipinski definition) is 3. The molecule has 1 aliphatic carbocycles. The summed E-state index contributed by atoms with van der Waals surface area (Å²) in [6.45, 7) is 0. The molecule has 0 aliphatic heterocycles. The lowest BCUT2D eigenvalue weighted by Crippen LogP contribution is -2.14. The van der Waals surface area contributed by atoms with Gasteiger partial charge in [-0.25, -0.2) is 0 Å². The predicted molar refractivity (Wildman–Crippen MR) is 67.1 cm³/mol. The highest BCUT2D eigenvalue weighted by molar-refractivity contribution is 8.00. The first-order valence-corrected chi connectivity index (χ1v) is 6.43. The van der Waals surface area contributed by atoms with Crippen molar-refractivity contribution in [1.82, 2.24) is 0 Å². The number of oxime groups is 1. The molecule has 16 heavy (non-hydrogen) atoms. The maximum Gasteiger partial charge on any atom is 0.171 e. The topological polar surface area (TPSA) is 58.6 Å². The molecule has 0 unspecified atom stereocenters. The van der Waals surface area contributed by atoms with Gasteiger partial charge in [-0.2, -0.15) is 0 Å². The third-order valence-electron chi connectivity index (χ3n) is 2.87. The highest BCUT2D eigenvalue weighted by Gasteiger charge is 2.18. The monoisotopic (exact) mass is 236 g/mol. The van der Waals surface area contributed by atoms with Crippen LogP contribution >= 0.6 is 11.8 Å². The molecule has 86 valence electrons. The van der Waals surface area contributed by atoms with Crippen molar-refractivity contribution >= 4 is 17.6 Å². The molecule has 0 aromatic heterocycles. The largest absolute Gasteiger partial charge is 0.409 e. The Morgan fingerprint density at radius 1 is 1.31 bits per heavy atom. The van der Waals surface area contributed by atoms with Gasteiger partial charge in [0.2, 0.25) is 0 Å². The van der Waals surface area contributed by atoms with E-state index >= 15 is 0 Å². The summed E-state index contributed by atoms with van der Waals surface area (Å²) in [6.07, 6.45) is 5.19. The molecule has 0 atom stereocenters. The summed E-state index contributed by atoms with van der Waals surface area (Å²) in [4.78, 5) is 1.12. The zero-order chi connectivity index (χ0) is 11.4. The fourth-order valence-corrected chi connectivity index (χ4v) is 3.41. The second-order valence-corrected chi connectivity index (χ2v) is 5.35. The Hall–Kier alpha value is -1.16. The molecule has 1 saturated carbocycles. The Morgan fingerprint density at radius 2 is 2.00 bits per heavy atom. The fourth-order valence-electron chi connectivity index (χ4n) is 2.02. The van der Waals surface area contributed by atoms with E-state index in [-0.39, 0.29) is 5.84 Å². The zero-order valence-electron chi connectivity index (χ0n) is 9.10. The molecule has 1 aromatic carbocycles. The van der Waals surface area contributed by atoms with E-state index in [1.54, 1.807) is 0 Å². The van der Waals surface area contributed by atoms with Crippen LogP contribution in [0.4, 0.5) is 0 Å². The van der Waals surface area contributed by atoms with Crippen LogP contribution in [0.1, 0.15) is 31.2 Å². The molecule has 0 spiro atoms. The van der Waals surface area contributed by atoms with Crippen molar-refractivity contribution < 1.29 is 5.21 Å². The van der Waals surface area contributed by atoms with Crippen LogP contribution in [0.2, 0.25) is 0 Å². The van der Waals surface area contributed by atoms with Crippen molar-refractivity contribution in [3.8, 4) is 0 Å². The molecule has 1 aliphatic rings. The molecule has 0 heterocycles. The van der Waals surface area contributed by atoms with Crippen molar-refractivity contribution in [2.75, 3.05) is 0 Å². The minimum Gasteiger partial charge on any atom is -0.409 e. The third kappa shape index (κ3) is 2.50. The summed E-state index contributed by atoms with van der Waals surface area (Å²) in [6, 6.07) is 7.83. The van der Waals surface area contributed by atoms with E-state index in [9.17, 15) is 0 Å². The molecule has 1 aromatic rings. The third-order valence-corrected chi connectivity index (χ3v) is 4.28. The first-order valence-electron chi connectivity index (χ1n) is 5.55. The smallest absolute Gasteiger partial charge is 0.171 e. The van der Waals surface area contributed by atoms with Crippen molar-refractivity contribution in [2.45, 2.75) is 35.8 Å². The van der Waals surface area contributed by atoms with Gasteiger partial charge in [0, 0.05) is 15.7 Å². The van der Waals surface area contributed by atoms with E-state index < -0.39 is 0 Å². The maximum atomic E-state index is 8.73. The number of amidine groups is 1. The van der Waals surface area contributed by atoms with Crippen molar-refractivity contribution in [3.63, 3.8) is 0 Å². The summed E-state index contributed by atoms with van der Waals surface area (Å²) in [5.74, 6) is 0.195. The van der Waals surface area contributed by atoms with Gasteiger partial charge >= 0.3 is 0 Å². The normalized spacial score (nSPS) is 17.9. The fraction of sp³-hybridized carbons (Fsp3) is 0.417. The van der Waals surface area contributed by atoms with Gasteiger partial charge in [-0.15, -0.1) is 11.8 Å². The molecule has 0 bridgehead atoms. The standard InChI is InChI=1S/C12H16N2OS/c13-12(14-15)10-7-3-4-8-11(10)16-9-5-1-2-6-9/h3-4,7-9,15H,1-2,5-6H2,(H2,13,14). The maximum absolute atomic E-state index is 8.73. The Balaban J connectivity index is 2.19. The molecule has 3 N–H and O–H groups in total. The minimum atomic E-state index is 0.195. The zero-order valence-corrected chi connectivity index (χ0v) is 9.91. The average molecular weight is 236 g/mol. The van der Waals surface area contributed by atoms with Crippen LogP contribution in [0.25, 0.3) is 0 Å². The van der Waals surface area contributed by atoms with E-state index in [0.717, 1.165) is 10.5 Å². The summed E-state index contributed by atoms with van der Waals surface area (Å²) in [5, 5.41) is 12.5. The van der Waals surface area contributed by atoms with Crippen LogP contribution in [0.3, 0.4) is 0 Å². The van der Waals surface area contributed by atoms with E-state index in [2.05, 4.69) is 5.16 Å². The Morgan fingerprint density at radius 3 is 2.69 bits per heavy atom. The minimum absolute atomic E-state index is 0.195. The number of nitrogens with zero attached hydrogens (tertiary/aromatic N) is 1. The second-order valence-electron chi connectivity index (χ2n) is 4.01. The molecule has 4 heteroatoms. The van der Waals surface area contributed by atoms with Crippen molar-refractivity contribution in [2.24, 2.45) is 10.9 Å². The van der Waals surface area contributed by atoms with Crippen LogP contribution in [0.5, 0.6) is 0 Å². The quantitative estimate of drug-likeness (QED) is 0.367. The molecule has 0 amide bonds. The van der Waals surface area contributed by atoms with Gasteiger partial charge in [0.1, 0.15) is 0 Å². The molecule has 0 radical (unpaired) electrons. The lowest BCUT2D eigenvalue weighted by atomic mass is 10.2. The van der Waals surface area contributed by atoms with E-state index in [0.29, 0.717) is 5.25 Å². The number of benzene rings is 1. The number of nitrogens with two attached hydrogens (primary N) is 1. The van der Waals surface area contributed by atoms with E-state index in [1.807, 2.05) is 36.0 Å². The molecule has 1 fully saturated rings. The number of rotatable bonds is 3. The van der Waals surface area contributed by atoms with Gasteiger partial charge in [0.05, 0.1) is 0 Å². The van der Waals surface area contributed by atoms with Gasteiger partial charge < -0.3 is 10.9 Å². The van der Waals surface area contributed by atoms with Crippen molar-refractivity contribution in [1.29, 1.82) is 0 Å². The lowest BCUT2D eigenvalue weighted by Gasteiger charge is -2.12. The van der Waals surface area contributed by atoms with Gasteiger partial charge in [-0.05, 0) is 18.9 Å². The molecule has 0 saturated heterocycles. The SMILES string of the molecule is NC(=NO)c1ccccc1SC1CCCC1. The highest BCUT2D eigenvalue weighted by Crippen LogP contribution is 2.36. The number of hydrogen-bond donors (Lipinski definition) is 2. The second kappa shape index (κ2) is 5.25. The number of thioether (sulfide) groups is 1. The summed E-state index contributed by atoms with van der Waals surface area (Å²) < 4.78 is 0. The van der Waals surface area contributed by atoms with Gasteiger partial charge in [0.15, 0.2) is 5.84 Å². The van der Waals surface area contributed by atoms with E-state index in [1.165, 1.54) is 25.7 Å². The van der Waals surface area contributed by atoms with Gasteiger partial charge in [-0.1, -0.05) is 36.2 Å². The van der Waals surface area contributed by atoms with E-state index in [4.69, 9.17) is 10.9 Å². The Bertz CT molecular complexity index is 386. The summed E-state index contributed by atoms with van der Waals surface area (Å²) in [5.41, 5.74) is 6.49.